The number of hydrogen-bond acceptors (Lipinski definition) is 3. The third kappa shape index (κ3) is 4.53. The second kappa shape index (κ2) is 7.03. The predicted molar refractivity (Wildman–Crippen MR) is 83.1 cm³/mol. The van der Waals surface area contributed by atoms with E-state index >= 15 is 0 Å². The molecule has 1 saturated heterocycles. The highest BCUT2D eigenvalue weighted by atomic mass is 16.1. The van der Waals surface area contributed by atoms with Gasteiger partial charge in [0.15, 0.2) is 0 Å². The Bertz CT molecular complexity index is 458. The molecule has 4 heteroatoms. The molecule has 1 aromatic heterocycles. The molecule has 21 heavy (non-hydrogen) atoms. The molecular formula is C17H25N3O. The molecule has 1 aliphatic heterocycles. The minimum Gasteiger partial charge on any atom is -0.352 e. The summed E-state index contributed by atoms with van der Waals surface area (Å²) in [6, 6.07) is 3.51. The summed E-state index contributed by atoms with van der Waals surface area (Å²) in [5.41, 5.74) is 0.698. The van der Waals surface area contributed by atoms with Crippen LogP contribution in [0.2, 0.25) is 0 Å². The molecule has 0 spiro atoms. The van der Waals surface area contributed by atoms with Gasteiger partial charge in [0.05, 0.1) is 0 Å². The quantitative estimate of drug-likeness (QED) is 0.873. The average molecular weight is 287 g/mol. The number of piperidine rings is 1. The number of carbonyl (C=O) groups is 1. The standard InChI is InChI=1S/C17H25N3O/c21-17(16-6-8-18-9-7-16)19-10-5-14-2-1-11-20(12-14)13-15-3-4-15/h6-9,14-15H,1-5,10-13H2,(H,19,21). The Morgan fingerprint density at radius 3 is 2.81 bits per heavy atom. The molecule has 0 radical (unpaired) electrons. The molecule has 1 aromatic rings. The maximum atomic E-state index is 12.0. The van der Waals surface area contributed by atoms with Crippen molar-refractivity contribution in [3.8, 4) is 0 Å². The number of hydrogen-bond donors (Lipinski definition) is 1. The van der Waals surface area contributed by atoms with E-state index < -0.39 is 0 Å². The molecule has 3 rings (SSSR count). The van der Waals surface area contributed by atoms with Gasteiger partial charge < -0.3 is 10.2 Å². The zero-order valence-electron chi connectivity index (χ0n) is 12.6. The number of pyridine rings is 1. The van der Waals surface area contributed by atoms with Gasteiger partial charge in [0.2, 0.25) is 0 Å². The minimum atomic E-state index is 0.0167. The Labute approximate surface area is 126 Å². The lowest BCUT2D eigenvalue weighted by molar-refractivity contribution is 0.0946. The number of nitrogens with zero attached hydrogens (tertiary/aromatic N) is 2. The van der Waals surface area contributed by atoms with E-state index in [4.69, 9.17) is 0 Å². The van der Waals surface area contributed by atoms with E-state index in [1.54, 1.807) is 24.5 Å². The lowest BCUT2D eigenvalue weighted by Crippen LogP contribution is -2.38. The highest BCUT2D eigenvalue weighted by Crippen LogP contribution is 2.31. The summed E-state index contributed by atoms with van der Waals surface area (Å²) < 4.78 is 0. The summed E-state index contributed by atoms with van der Waals surface area (Å²) >= 11 is 0. The van der Waals surface area contributed by atoms with Crippen LogP contribution >= 0.6 is 0 Å². The first kappa shape index (κ1) is 14.5. The largest absolute Gasteiger partial charge is 0.352 e. The second-order valence-corrected chi connectivity index (χ2v) is 6.49. The number of rotatable bonds is 6. The highest BCUT2D eigenvalue weighted by molar-refractivity contribution is 5.93. The van der Waals surface area contributed by atoms with Crippen LogP contribution in [0.1, 0.15) is 42.5 Å². The summed E-state index contributed by atoms with van der Waals surface area (Å²) in [5, 5.41) is 3.03. The summed E-state index contributed by atoms with van der Waals surface area (Å²) in [7, 11) is 0. The Hall–Kier alpha value is -1.42. The van der Waals surface area contributed by atoms with Crippen molar-refractivity contribution in [2.45, 2.75) is 32.1 Å². The number of amides is 1. The predicted octanol–water partition coefficient (Wildman–Crippen LogP) is 2.32. The fourth-order valence-corrected chi connectivity index (χ4v) is 3.21. The fraction of sp³-hybridized carbons (Fsp3) is 0.647. The normalized spacial score (nSPS) is 23.0. The molecule has 2 fully saturated rings. The third-order valence-electron chi connectivity index (χ3n) is 4.60. The van der Waals surface area contributed by atoms with Crippen LogP contribution in [0.25, 0.3) is 0 Å². The Morgan fingerprint density at radius 2 is 2.05 bits per heavy atom. The Morgan fingerprint density at radius 1 is 1.24 bits per heavy atom. The van der Waals surface area contributed by atoms with Crippen LogP contribution in [0.4, 0.5) is 0 Å². The van der Waals surface area contributed by atoms with E-state index in [1.165, 1.54) is 45.3 Å². The van der Waals surface area contributed by atoms with Crippen molar-refractivity contribution in [3.63, 3.8) is 0 Å². The molecule has 1 amide bonds. The fourth-order valence-electron chi connectivity index (χ4n) is 3.21. The van der Waals surface area contributed by atoms with E-state index in [1.807, 2.05) is 0 Å². The van der Waals surface area contributed by atoms with Gasteiger partial charge in [-0.2, -0.15) is 0 Å². The van der Waals surface area contributed by atoms with Gasteiger partial charge in [0, 0.05) is 37.6 Å². The maximum absolute atomic E-state index is 12.0. The van der Waals surface area contributed by atoms with Crippen LogP contribution in [0, 0.1) is 11.8 Å². The third-order valence-corrected chi connectivity index (χ3v) is 4.60. The zero-order valence-corrected chi connectivity index (χ0v) is 12.6. The van der Waals surface area contributed by atoms with Crippen molar-refractivity contribution in [1.82, 2.24) is 15.2 Å². The van der Waals surface area contributed by atoms with E-state index in [0.717, 1.165) is 24.8 Å². The second-order valence-electron chi connectivity index (χ2n) is 6.49. The number of nitrogens with one attached hydrogen (secondary N) is 1. The van der Waals surface area contributed by atoms with Gasteiger partial charge in [-0.1, -0.05) is 0 Å². The molecule has 2 aliphatic rings. The van der Waals surface area contributed by atoms with E-state index in [0.29, 0.717) is 5.56 Å². The molecule has 1 aliphatic carbocycles. The van der Waals surface area contributed by atoms with Gasteiger partial charge >= 0.3 is 0 Å². The molecule has 4 nitrogen and oxygen atoms in total. The summed E-state index contributed by atoms with van der Waals surface area (Å²) in [4.78, 5) is 18.5. The van der Waals surface area contributed by atoms with Crippen molar-refractivity contribution in [2.24, 2.45) is 11.8 Å². The zero-order chi connectivity index (χ0) is 14.5. The van der Waals surface area contributed by atoms with Gasteiger partial charge in [0.25, 0.3) is 5.91 Å². The molecule has 2 heterocycles. The van der Waals surface area contributed by atoms with Crippen molar-refractivity contribution >= 4 is 5.91 Å². The SMILES string of the molecule is O=C(NCCC1CCCN(CC2CC2)C1)c1ccncc1. The first-order valence-electron chi connectivity index (χ1n) is 8.22. The number of aromatic nitrogens is 1. The van der Waals surface area contributed by atoms with Gasteiger partial charge in [-0.3, -0.25) is 9.78 Å². The lowest BCUT2D eigenvalue weighted by Gasteiger charge is -2.32. The molecule has 0 bridgehead atoms. The van der Waals surface area contributed by atoms with Crippen molar-refractivity contribution < 1.29 is 4.79 Å². The van der Waals surface area contributed by atoms with Crippen LogP contribution in [0.5, 0.6) is 0 Å². The average Bonchev–Trinajstić information content (AvgIpc) is 3.32. The molecule has 0 aromatic carbocycles. The van der Waals surface area contributed by atoms with Crippen molar-refractivity contribution in [1.29, 1.82) is 0 Å². The molecule has 1 N–H and O–H groups in total. The summed E-state index contributed by atoms with van der Waals surface area (Å²) in [6.45, 7) is 4.58. The molecular weight excluding hydrogens is 262 g/mol. The van der Waals surface area contributed by atoms with E-state index in [9.17, 15) is 4.79 Å². The van der Waals surface area contributed by atoms with Crippen LogP contribution in [0.15, 0.2) is 24.5 Å². The highest BCUT2D eigenvalue weighted by Gasteiger charge is 2.27. The van der Waals surface area contributed by atoms with Crippen LogP contribution < -0.4 is 5.32 Å². The smallest absolute Gasteiger partial charge is 0.251 e. The monoisotopic (exact) mass is 287 g/mol. The minimum absolute atomic E-state index is 0.0167. The first-order valence-corrected chi connectivity index (χ1v) is 8.22. The molecule has 1 saturated carbocycles. The molecule has 1 unspecified atom stereocenters. The van der Waals surface area contributed by atoms with E-state index in [2.05, 4.69) is 15.2 Å². The lowest BCUT2D eigenvalue weighted by atomic mass is 9.94. The van der Waals surface area contributed by atoms with Gasteiger partial charge in [0.1, 0.15) is 0 Å². The van der Waals surface area contributed by atoms with Crippen LogP contribution in [-0.2, 0) is 0 Å². The Balaban J connectivity index is 1.37. The topological polar surface area (TPSA) is 45.2 Å². The summed E-state index contributed by atoms with van der Waals surface area (Å²) in [6.07, 6.45) is 9.91. The van der Waals surface area contributed by atoms with Crippen molar-refractivity contribution in [3.05, 3.63) is 30.1 Å². The van der Waals surface area contributed by atoms with Gasteiger partial charge in [-0.05, 0) is 62.6 Å². The maximum Gasteiger partial charge on any atom is 0.251 e. The molecule has 114 valence electrons. The van der Waals surface area contributed by atoms with Gasteiger partial charge in [-0.25, -0.2) is 0 Å². The van der Waals surface area contributed by atoms with Crippen LogP contribution in [0.3, 0.4) is 0 Å². The number of carbonyl (C=O) groups excluding carboxylic acids is 1. The summed E-state index contributed by atoms with van der Waals surface area (Å²) in [5.74, 6) is 1.74. The molecule has 1 atom stereocenters. The van der Waals surface area contributed by atoms with Crippen molar-refractivity contribution in [2.75, 3.05) is 26.2 Å². The first-order chi connectivity index (χ1) is 10.3. The number of likely N-dealkylation sites (tertiary alicyclic amines) is 1. The van der Waals surface area contributed by atoms with Gasteiger partial charge in [-0.15, -0.1) is 0 Å². The van der Waals surface area contributed by atoms with E-state index in [-0.39, 0.29) is 5.91 Å². The van der Waals surface area contributed by atoms with Crippen LogP contribution in [-0.4, -0.2) is 42.0 Å². The Kier molecular flexibility index (Phi) is 4.86.